The molecular weight excluding hydrogens is 1200 g/mol. The third-order valence-corrected chi connectivity index (χ3v) is 22.3. The Bertz CT molecular complexity index is 1230. The summed E-state index contributed by atoms with van der Waals surface area (Å²) in [7, 11) is 0. The van der Waals surface area contributed by atoms with Gasteiger partial charge in [0.25, 0.3) is 0 Å². The van der Waals surface area contributed by atoms with Crippen molar-refractivity contribution in [1.82, 2.24) is 0 Å². The van der Waals surface area contributed by atoms with E-state index in [9.17, 15) is 0 Å². The van der Waals surface area contributed by atoms with Crippen LogP contribution in [-0.4, -0.2) is 37.4 Å². The van der Waals surface area contributed by atoms with E-state index in [4.69, 9.17) is 313 Å². The van der Waals surface area contributed by atoms with Crippen LogP contribution in [0.15, 0.2) is 12.1 Å². The van der Waals surface area contributed by atoms with Gasteiger partial charge in [0.05, 0.1) is 0 Å². The second-order valence-corrected chi connectivity index (χ2v) is 27.8. The zero-order chi connectivity index (χ0) is 38.4. The second-order valence-electron chi connectivity index (χ2n) is 8.96. The summed E-state index contributed by atoms with van der Waals surface area (Å²) >= 11 is 172. The molecule has 0 aliphatic heterocycles. The van der Waals surface area contributed by atoms with Crippen molar-refractivity contribution in [3.63, 3.8) is 0 Å². The number of alkyl halides is 27. The van der Waals surface area contributed by atoms with Gasteiger partial charge in [0.15, 0.2) is 26.0 Å². The molecule has 0 unspecified atom stereocenters. The lowest BCUT2D eigenvalue weighted by atomic mass is 9.87. The molecule has 0 heterocycles. The Kier molecular flexibility index (Phi) is 18.0. The maximum Gasteiger partial charge on any atom is 0.226 e. The average Bonchev–Trinajstić information content (AvgIpc) is 2.84. The predicted molar refractivity (Wildman–Crippen MR) is 223 cm³/mol. The standard InChI is InChI=1S/C20H6Cl27/c1-2-6-7(10(23,24)13(29,30)16(35,36)19(42,43)44)3-5(9(21,22)12(27,28)15(33,34)18(39,40)41)4-8(6)11(25,26)14(31,32)17(37,38)20(45,46)47/h3-4H,1-2H2. The smallest absolute Gasteiger partial charge is 0.0943 e. The number of rotatable bonds is 10. The van der Waals surface area contributed by atoms with E-state index >= 15 is 0 Å². The minimum absolute atomic E-state index is 0.245. The van der Waals surface area contributed by atoms with Crippen LogP contribution in [0.2, 0.25) is 0 Å². The molecule has 0 saturated carbocycles. The van der Waals surface area contributed by atoms with Gasteiger partial charge in [0, 0.05) is 0 Å². The Morgan fingerprint density at radius 2 is 0.553 bits per heavy atom. The minimum Gasteiger partial charge on any atom is -0.0943 e. The van der Waals surface area contributed by atoms with Gasteiger partial charge in [-0.3, -0.25) is 0 Å². The van der Waals surface area contributed by atoms with Crippen molar-refractivity contribution in [3.8, 4) is 0 Å². The summed E-state index contributed by atoms with van der Waals surface area (Å²) in [6, 6.07) is 1.90. The van der Waals surface area contributed by atoms with Gasteiger partial charge in [-0.25, -0.2) is 0 Å². The van der Waals surface area contributed by atoms with Gasteiger partial charge in [0.1, 0.15) is 0 Å². The third kappa shape index (κ3) is 8.98. The first-order chi connectivity index (χ1) is 20.0. The molecule has 0 aliphatic carbocycles. The van der Waals surface area contributed by atoms with Gasteiger partial charge in [-0.05, 0) is 47.7 Å². The summed E-state index contributed by atoms with van der Waals surface area (Å²) in [6.45, 7) is 3.79. The maximum absolute atomic E-state index is 6.82. The van der Waals surface area contributed by atoms with Gasteiger partial charge in [0.2, 0.25) is 24.4 Å². The topological polar surface area (TPSA) is 0 Å². The van der Waals surface area contributed by atoms with E-state index in [0.29, 0.717) is 0 Å². The molecule has 0 aliphatic rings. The predicted octanol–water partition coefficient (Wildman–Crippen LogP) is 18.1. The van der Waals surface area contributed by atoms with E-state index in [0.717, 1.165) is 12.1 Å². The number of hydrogen-bond donors (Lipinski definition) is 0. The van der Waals surface area contributed by atoms with E-state index < -0.39 is 73.5 Å². The number of benzene rings is 1. The van der Waals surface area contributed by atoms with Gasteiger partial charge in [-0.15, -0.1) is 0 Å². The van der Waals surface area contributed by atoms with Crippen molar-refractivity contribution in [2.45, 2.75) is 56.8 Å². The SMILES string of the molecule is [CH2]Cc1c(C(Cl)(Cl)C(Cl)(Cl)C(Cl)(Cl)C(Cl)(Cl)Cl)cc(C(Cl)(Cl)C(Cl)(Cl)C(Cl)(Cl)C(Cl)(Cl)Cl)cc1C(Cl)(Cl)C(Cl)(Cl)C(Cl)(Cl)C(Cl)(Cl)Cl. The Balaban J connectivity index is 4.67. The van der Waals surface area contributed by atoms with Crippen LogP contribution in [0, 0.1) is 6.92 Å². The number of hydrogen-bond acceptors (Lipinski definition) is 0. The lowest BCUT2D eigenvalue weighted by Crippen LogP contribution is -2.57. The van der Waals surface area contributed by atoms with Crippen LogP contribution in [0.1, 0.15) is 22.3 Å². The van der Waals surface area contributed by atoms with Gasteiger partial charge >= 0.3 is 0 Å². The van der Waals surface area contributed by atoms with Crippen LogP contribution in [0.4, 0.5) is 0 Å². The van der Waals surface area contributed by atoms with Crippen molar-refractivity contribution in [2.75, 3.05) is 0 Å². The normalized spacial score (nSPS) is 16.2. The summed E-state index contributed by atoms with van der Waals surface area (Å²) in [6.07, 6.45) is -0.425. The van der Waals surface area contributed by atoms with E-state index in [1.807, 2.05) is 0 Å². The first-order valence-corrected chi connectivity index (χ1v) is 20.8. The molecule has 1 rings (SSSR count). The van der Waals surface area contributed by atoms with Crippen LogP contribution < -0.4 is 0 Å². The summed E-state index contributed by atoms with van der Waals surface area (Å²) in [4.78, 5) is 0. The van der Waals surface area contributed by atoms with Crippen molar-refractivity contribution in [1.29, 1.82) is 0 Å². The molecule has 0 N–H and O–H groups in total. The zero-order valence-electron chi connectivity index (χ0n) is 20.8. The second kappa shape index (κ2) is 16.2. The molecular formula is C20H6Cl27. The lowest BCUT2D eigenvalue weighted by Gasteiger charge is -2.48. The summed E-state index contributed by atoms with van der Waals surface area (Å²) in [5.74, 6) is 0. The van der Waals surface area contributed by atoms with Crippen LogP contribution >= 0.6 is 313 Å². The van der Waals surface area contributed by atoms with Crippen molar-refractivity contribution in [3.05, 3.63) is 41.3 Å². The highest BCUT2D eigenvalue weighted by Crippen LogP contribution is 2.70. The fourth-order valence-electron chi connectivity index (χ4n) is 3.33. The van der Waals surface area contributed by atoms with Crippen LogP contribution in [0.25, 0.3) is 0 Å². The van der Waals surface area contributed by atoms with Crippen molar-refractivity contribution in [2.24, 2.45) is 0 Å². The van der Waals surface area contributed by atoms with Crippen LogP contribution in [-0.2, 0) is 19.4 Å². The molecule has 1 radical (unpaired) electrons. The summed E-state index contributed by atoms with van der Waals surface area (Å²) in [5.41, 5.74) is -1.84. The molecule has 0 spiro atoms. The highest BCUT2D eigenvalue weighted by molar-refractivity contribution is 6.82. The highest BCUT2D eigenvalue weighted by atomic mass is 35.6. The van der Waals surface area contributed by atoms with E-state index in [1.54, 1.807) is 0 Å². The fraction of sp³-hybridized carbons (Fsp3) is 0.650. The molecule has 27 heteroatoms. The summed E-state index contributed by atoms with van der Waals surface area (Å²) < 4.78 is -34.0. The Labute approximate surface area is 405 Å². The highest BCUT2D eigenvalue weighted by Gasteiger charge is 2.73. The molecule has 47 heavy (non-hydrogen) atoms. The van der Waals surface area contributed by atoms with Crippen molar-refractivity contribution < 1.29 is 0 Å². The minimum atomic E-state index is -2.95. The maximum atomic E-state index is 6.82. The molecule has 0 amide bonds. The van der Waals surface area contributed by atoms with E-state index in [1.165, 1.54) is 0 Å². The molecule has 275 valence electrons. The molecule has 0 aromatic heterocycles. The monoisotopic (exact) mass is 1190 g/mol. The Hall–Kier alpha value is 7.05. The van der Waals surface area contributed by atoms with Gasteiger partial charge < -0.3 is 0 Å². The summed E-state index contributed by atoms with van der Waals surface area (Å²) in [5, 5.41) is 0. The van der Waals surface area contributed by atoms with Crippen LogP contribution in [0.3, 0.4) is 0 Å². The molecule has 0 nitrogen and oxygen atoms in total. The third-order valence-electron chi connectivity index (χ3n) is 5.97. The Morgan fingerprint density at radius 3 is 0.745 bits per heavy atom. The lowest BCUT2D eigenvalue weighted by molar-refractivity contribution is 0.574. The first kappa shape index (κ1) is 52.1. The zero-order valence-corrected chi connectivity index (χ0v) is 41.2. The van der Waals surface area contributed by atoms with E-state index in [2.05, 4.69) is 6.92 Å². The molecule has 0 atom stereocenters. The largest absolute Gasteiger partial charge is 0.226 e. The molecule has 1 aromatic carbocycles. The molecule has 0 bridgehead atoms. The van der Waals surface area contributed by atoms with Crippen LogP contribution in [0.5, 0.6) is 0 Å². The first-order valence-electron chi connectivity index (χ1n) is 10.6. The number of halogens is 27. The average molecular weight is 1200 g/mol. The van der Waals surface area contributed by atoms with Gasteiger partial charge in [-0.2, -0.15) is 0 Å². The molecule has 0 fully saturated rings. The quantitative estimate of drug-likeness (QED) is 0.205. The molecule has 1 aromatic rings. The van der Waals surface area contributed by atoms with E-state index in [-0.39, 0.29) is 5.56 Å². The van der Waals surface area contributed by atoms with Crippen molar-refractivity contribution >= 4 is 313 Å². The van der Waals surface area contributed by atoms with Gasteiger partial charge in [-0.1, -0.05) is 313 Å². The Morgan fingerprint density at radius 1 is 0.340 bits per heavy atom. The molecule has 0 saturated heterocycles. The fourth-order valence-corrected chi connectivity index (χ4v) is 10.1.